The van der Waals surface area contributed by atoms with E-state index in [1.165, 1.54) is 12.0 Å². The van der Waals surface area contributed by atoms with E-state index in [2.05, 4.69) is 63.3 Å². The van der Waals surface area contributed by atoms with Crippen LogP contribution in [0.4, 0.5) is 0 Å². The van der Waals surface area contributed by atoms with Gasteiger partial charge in [-0.1, -0.05) is 58.0 Å². The van der Waals surface area contributed by atoms with Gasteiger partial charge in [-0.3, -0.25) is 0 Å². The molecule has 0 heterocycles. The lowest BCUT2D eigenvalue weighted by Gasteiger charge is -2.24. The van der Waals surface area contributed by atoms with Gasteiger partial charge in [0.2, 0.25) is 0 Å². The maximum absolute atomic E-state index is 3.67. The Bertz CT molecular complexity index is 277. The first-order valence-corrected chi connectivity index (χ1v) is 6.37. The molecule has 0 saturated carbocycles. The molecule has 1 aromatic rings. The van der Waals surface area contributed by atoms with Crippen molar-refractivity contribution in [2.45, 2.75) is 46.7 Å². The van der Waals surface area contributed by atoms with E-state index >= 15 is 0 Å². The third-order valence-corrected chi connectivity index (χ3v) is 2.94. The van der Waals surface area contributed by atoms with Gasteiger partial charge in [0.1, 0.15) is 0 Å². The molecule has 1 heteroatoms. The third kappa shape index (κ3) is 4.80. The summed E-state index contributed by atoms with van der Waals surface area (Å²) in [7, 11) is 0. The van der Waals surface area contributed by atoms with Crippen LogP contribution in [0.5, 0.6) is 0 Å². The second-order valence-corrected chi connectivity index (χ2v) is 5.35. The Morgan fingerprint density at radius 1 is 1.00 bits per heavy atom. The van der Waals surface area contributed by atoms with Crippen LogP contribution < -0.4 is 5.32 Å². The molecule has 1 nitrogen and oxygen atoms in total. The standard InChI is InChI=1S/C15H25N/c1-12(2)10-15(13(3)4)16-11-14-8-6-5-7-9-14/h5-9,12-13,15-16H,10-11H2,1-4H3. The average Bonchev–Trinajstić information content (AvgIpc) is 2.25. The van der Waals surface area contributed by atoms with Crippen molar-refractivity contribution in [3.8, 4) is 0 Å². The monoisotopic (exact) mass is 219 g/mol. The molecule has 0 saturated heterocycles. The lowest BCUT2D eigenvalue weighted by atomic mass is 9.94. The van der Waals surface area contributed by atoms with Crippen LogP contribution in [0.2, 0.25) is 0 Å². The van der Waals surface area contributed by atoms with Crippen molar-refractivity contribution in [1.82, 2.24) is 5.32 Å². The summed E-state index contributed by atoms with van der Waals surface area (Å²) in [5.74, 6) is 1.46. The molecule has 1 unspecified atom stereocenters. The van der Waals surface area contributed by atoms with Gasteiger partial charge in [-0.25, -0.2) is 0 Å². The summed E-state index contributed by atoms with van der Waals surface area (Å²) in [5.41, 5.74) is 1.37. The van der Waals surface area contributed by atoms with Crippen LogP contribution in [0.3, 0.4) is 0 Å². The van der Waals surface area contributed by atoms with Crippen molar-refractivity contribution in [2.75, 3.05) is 0 Å². The van der Waals surface area contributed by atoms with Crippen LogP contribution in [-0.2, 0) is 6.54 Å². The van der Waals surface area contributed by atoms with Gasteiger partial charge in [0.25, 0.3) is 0 Å². The number of hydrogen-bond donors (Lipinski definition) is 1. The second kappa shape index (κ2) is 6.70. The maximum atomic E-state index is 3.67. The molecule has 1 N–H and O–H groups in total. The Labute approximate surface area is 100 Å². The number of rotatable bonds is 6. The fourth-order valence-electron chi connectivity index (χ4n) is 1.94. The van der Waals surface area contributed by atoms with Crippen molar-refractivity contribution in [2.24, 2.45) is 11.8 Å². The van der Waals surface area contributed by atoms with Crippen molar-refractivity contribution in [1.29, 1.82) is 0 Å². The van der Waals surface area contributed by atoms with Crippen molar-refractivity contribution < 1.29 is 0 Å². The first-order chi connectivity index (χ1) is 7.59. The van der Waals surface area contributed by atoms with Crippen LogP contribution in [0.15, 0.2) is 30.3 Å². The van der Waals surface area contributed by atoms with E-state index in [1.807, 2.05) is 0 Å². The van der Waals surface area contributed by atoms with Gasteiger partial charge in [-0.05, 0) is 23.8 Å². The Hall–Kier alpha value is -0.820. The quantitative estimate of drug-likeness (QED) is 0.766. The molecule has 1 aromatic carbocycles. The minimum Gasteiger partial charge on any atom is -0.310 e. The van der Waals surface area contributed by atoms with E-state index in [-0.39, 0.29) is 0 Å². The smallest absolute Gasteiger partial charge is 0.0208 e. The Kier molecular flexibility index (Phi) is 5.54. The summed E-state index contributed by atoms with van der Waals surface area (Å²) in [4.78, 5) is 0. The molecular formula is C15H25N. The fourth-order valence-corrected chi connectivity index (χ4v) is 1.94. The van der Waals surface area contributed by atoms with Gasteiger partial charge >= 0.3 is 0 Å². The van der Waals surface area contributed by atoms with Crippen LogP contribution in [-0.4, -0.2) is 6.04 Å². The van der Waals surface area contributed by atoms with E-state index in [9.17, 15) is 0 Å². The number of nitrogens with one attached hydrogen (secondary N) is 1. The highest BCUT2D eigenvalue weighted by molar-refractivity contribution is 5.14. The molecule has 0 aliphatic rings. The van der Waals surface area contributed by atoms with E-state index in [0.717, 1.165) is 12.5 Å². The van der Waals surface area contributed by atoms with E-state index < -0.39 is 0 Å². The highest BCUT2D eigenvalue weighted by atomic mass is 14.9. The lowest BCUT2D eigenvalue weighted by molar-refractivity contribution is 0.337. The molecule has 0 amide bonds. The van der Waals surface area contributed by atoms with Gasteiger partial charge in [0, 0.05) is 12.6 Å². The first kappa shape index (κ1) is 13.2. The van der Waals surface area contributed by atoms with Crippen molar-refractivity contribution in [3.63, 3.8) is 0 Å². The molecule has 0 radical (unpaired) electrons. The summed E-state index contributed by atoms with van der Waals surface area (Å²) in [6.07, 6.45) is 1.25. The molecule has 16 heavy (non-hydrogen) atoms. The molecule has 0 fully saturated rings. The summed E-state index contributed by atoms with van der Waals surface area (Å²) in [6.45, 7) is 10.2. The van der Waals surface area contributed by atoms with Crippen molar-refractivity contribution in [3.05, 3.63) is 35.9 Å². The Morgan fingerprint density at radius 3 is 2.12 bits per heavy atom. The fraction of sp³-hybridized carbons (Fsp3) is 0.600. The van der Waals surface area contributed by atoms with Crippen LogP contribution in [0.25, 0.3) is 0 Å². The van der Waals surface area contributed by atoms with Gasteiger partial charge in [0.15, 0.2) is 0 Å². The largest absolute Gasteiger partial charge is 0.310 e. The predicted octanol–water partition coefficient (Wildman–Crippen LogP) is 3.85. The number of hydrogen-bond acceptors (Lipinski definition) is 1. The van der Waals surface area contributed by atoms with Crippen LogP contribution in [0.1, 0.15) is 39.7 Å². The van der Waals surface area contributed by atoms with Gasteiger partial charge in [0.05, 0.1) is 0 Å². The Morgan fingerprint density at radius 2 is 1.62 bits per heavy atom. The highest BCUT2D eigenvalue weighted by Crippen LogP contribution is 2.13. The minimum atomic E-state index is 0.625. The Balaban J connectivity index is 2.44. The topological polar surface area (TPSA) is 12.0 Å². The highest BCUT2D eigenvalue weighted by Gasteiger charge is 2.13. The molecule has 0 spiro atoms. The zero-order valence-electron chi connectivity index (χ0n) is 11.0. The first-order valence-electron chi connectivity index (χ1n) is 6.37. The summed E-state index contributed by atoms with van der Waals surface area (Å²) < 4.78 is 0. The lowest BCUT2D eigenvalue weighted by Crippen LogP contribution is -2.34. The molecule has 1 rings (SSSR count). The molecule has 0 aliphatic heterocycles. The SMILES string of the molecule is CC(C)CC(NCc1ccccc1)C(C)C. The van der Waals surface area contributed by atoms with Gasteiger partial charge in [-0.15, -0.1) is 0 Å². The summed E-state index contributed by atoms with van der Waals surface area (Å²) >= 11 is 0. The average molecular weight is 219 g/mol. The molecule has 0 aliphatic carbocycles. The second-order valence-electron chi connectivity index (χ2n) is 5.35. The van der Waals surface area contributed by atoms with E-state index in [1.54, 1.807) is 0 Å². The molecule has 1 atom stereocenters. The summed E-state index contributed by atoms with van der Waals surface area (Å²) in [5, 5.41) is 3.67. The van der Waals surface area contributed by atoms with Crippen molar-refractivity contribution >= 4 is 0 Å². The third-order valence-electron chi connectivity index (χ3n) is 2.94. The molecule has 90 valence electrons. The molecular weight excluding hydrogens is 194 g/mol. The normalized spacial score (nSPS) is 13.4. The maximum Gasteiger partial charge on any atom is 0.0208 e. The predicted molar refractivity (Wildman–Crippen MR) is 71.4 cm³/mol. The zero-order chi connectivity index (χ0) is 12.0. The van der Waals surface area contributed by atoms with Gasteiger partial charge < -0.3 is 5.32 Å². The van der Waals surface area contributed by atoms with Gasteiger partial charge in [-0.2, -0.15) is 0 Å². The van der Waals surface area contributed by atoms with E-state index in [0.29, 0.717) is 12.0 Å². The summed E-state index contributed by atoms with van der Waals surface area (Å²) in [6, 6.07) is 11.3. The molecule has 0 aromatic heterocycles. The minimum absolute atomic E-state index is 0.625. The van der Waals surface area contributed by atoms with E-state index in [4.69, 9.17) is 0 Å². The molecule has 0 bridgehead atoms. The van der Waals surface area contributed by atoms with Crippen LogP contribution in [0, 0.1) is 11.8 Å². The zero-order valence-corrected chi connectivity index (χ0v) is 11.0. The number of benzene rings is 1. The van der Waals surface area contributed by atoms with Crippen LogP contribution >= 0.6 is 0 Å².